The van der Waals surface area contributed by atoms with E-state index in [1.165, 1.54) is 6.20 Å². The first kappa shape index (κ1) is 17.6. The molecule has 2 aromatic rings. The van der Waals surface area contributed by atoms with Gasteiger partial charge in [-0.15, -0.1) is 11.3 Å². The lowest BCUT2D eigenvalue weighted by atomic mass is 10.1. The van der Waals surface area contributed by atoms with Crippen molar-refractivity contribution in [2.45, 2.75) is 25.6 Å². The Hall–Kier alpha value is -1.71. The van der Waals surface area contributed by atoms with Crippen molar-refractivity contribution in [3.05, 3.63) is 38.9 Å². The Kier molecular flexibility index (Phi) is 4.65. The number of nitrogens with zero attached hydrogens (tertiary/aromatic N) is 2. The molecule has 0 aliphatic carbocycles. The van der Waals surface area contributed by atoms with Gasteiger partial charge in [-0.1, -0.05) is 11.6 Å². The molecule has 0 radical (unpaired) electrons. The van der Waals surface area contributed by atoms with Crippen LogP contribution in [0.3, 0.4) is 0 Å². The minimum Gasteiger partial charge on any atom is -0.320 e. The highest BCUT2D eigenvalue weighted by Gasteiger charge is 2.34. The first-order valence-corrected chi connectivity index (χ1v) is 7.47. The number of aromatic nitrogens is 2. The van der Waals surface area contributed by atoms with E-state index in [0.717, 1.165) is 17.5 Å². The van der Waals surface area contributed by atoms with Gasteiger partial charge in [-0.25, -0.2) is 9.97 Å². The van der Waals surface area contributed by atoms with Crippen LogP contribution >= 0.6 is 22.9 Å². The highest BCUT2D eigenvalue weighted by atomic mass is 35.5. The molecule has 2 heterocycles. The second-order valence-corrected chi connectivity index (χ2v) is 6.69. The van der Waals surface area contributed by atoms with Gasteiger partial charge in [-0.05, 0) is 19.9 Å². The molecule has 0 saturated carbocycles. The van der Waals surface area contributed by atoms with Gasteiger partial charge in [0.25, 0.3) is 5.91 Å². The van der Waals surface area contributed by atoms with Crippen LogP contribution in [0.4, 0.5) is 19.0 Å². The van der Waals surface area contributed by atoms with Gasteiger partial charge >= 0.3 is 6.18 Å². The Labute approximate surface area is 138 Å². The fourth-order valence-corrected chi connectivity index (χ4v) is 2.62. The summed E-state index contributed by atoms with van der Waals surface area (Å²) in [5, 5.41) is 2.27. The molecule has 0 atom stereocenters. The molecule has 124 valence electrons. The number of hydrogen-bond acceptors (Lipinski definition) is 5. The zero-order valence-corrected chi connectivity index (χ0v) is 13.6. The van der Waals surface area contributed by atoms with Crippen LogP contribution in [-0.4, -0.2) is 15.9 Å². The van der Waals surface area contributed by atoms with E-state index in [0.29, 0.717) is 11.1 Å². The second-order valence-electron chi connectivity index (χ2n) is 5.25. The average molecular weight is 365 g/mol. The highest BCUT2D eigenvalue weighted by Crippen LogP contribution is 2.35. The molecule has 0 aromatic carbocycles. The summed E-state index contributed by atoms with van der Waals surface area (Å²) in [6, 6.07) is 0.676. The van der Waals surface area contributed by atoms with Gasteiger partial charge in [0, 0.05) is 6.20 Å². The fourth-order valence-electron chi connectivity index (χ4n) is 1.58. The van der Waals surface area contributed by atoms with Crippen molar-refractivity contribution in [3.8, 4) is 0 Å². The van der Waals surface area contributed by atoms with Crippen LogP contribution in [0.1, 0.15) is 34.1 Å². The van der Waals surface area contributed by atoms with Crippen LogP contribution < -0.4 is 11.1 Å². The number of pyridine rings is 1. The maximum Gasteiger partial charge on any atom is 0.418 e. The average Bonchev–Trinajstić information content (AvgIpc) is 2.89. The van der Waals surface area contributed by atoms with Crippen LogP contribution in [0.2, 0.25) is 5.02 Å². The first-order chi connectivity index (χ1) is 10.5. The van der Waals surface area contributed by atoms with E-state index in [-0.39, 0.29) is 10.7 Å². The van der Waals surface area contributed by atoms with E-state index >= 15 is 0 Å². The number of carbonyl (C=O) groups is 1. The zero-order valence-electron chi connectivity index (χ0n) is 12.0. The van der Waals surface area contributed by atoms with Gasteiger partial charge < -0.3 is 11.1 Å². The van der Waals surface area contributed by atoms with Crippen molar-refractivity contribution in [2.75, 3.05) is 5.32 Å². The quantitative estimate of drug-likeness (QED) is 0.871. The van der Waals surface area contributed by atoms with Crippen LogP contribution in [0.25, 0.3) is 0 Å². The molecule has 0 fully saturated rings. The third-order valence-electron chi connectivity index (χ3n) is 2.68. The van der Waals surface area contributed by atoms with Crippen LogP contribution in [0, 0.1) is 0 Å². The van der Waals surface area contributed by atoms with Gasteiger partial charge in [0.15, 0.2) is 0 Å². The number of amides is 1. The van der Waals surface area contributed by atoms with Crippen LogP contribution in [-0.2, 0) is 11.7 Å². The third-order valence-corrected chi connectivity index (χ3v) is 4.32. The summed E-state index contributed by atoms with van der Waals surface area (Å²) in [5.41, 5.74) is 4.08. The molecule has 10 heteroatoms. The van der Waals surface area contributed by atoms with E-state index in [1.54, 1.807) is 13.8 Å². The molecule has 5 nitrogen and oxygen atoms in total. The Morgan fingerprint density at radius 3 is 2.48 bits per heavy atom. The van der Waals surface area contributed by atoms with Crippen molar-refractivity contribution in [3.63, 3.8) is 0 Å². The van der Waals surface area contributed by atoms with Gasteiger partial charge in [-0.2, -0.15) is 13.2 Å². The summed E-state index contributed by atoms with van der Waals surface area (Å²) in [4.78, 5) is 20.0. The number of nitrogens with two attached hydrogens (primary N) is 1. The largest absolute Gasteiger partial charge is 0.418 e. The maximum atomic E-state index is 12.8. The molecule has 0 saturated heterocycles. The Morgan fingerprint density at radius 2 is 1.96 bits per heavy atom. The highest BCUT2D eigenvalue weighted by molar-refractivity contribution is 7.13. The number of halogens is 4. The van der Waals surface area contributed by atoms with Crippen molar-refractivity contribution in [1.29, 1.82) is 0 Å². The molecule has 2 rings (SSSR count). The topological polar surface area (TPSA) is 80.9 Å². The molecule has 1 amide bonds. The van der Waals surface area contributed by atoms with E-state index in [4.69, 9.17) is 17.3 Å². The SMILES string of the molecule is CC(C)(N)c1ncc(C(=O)Nc2cc(C(F)(F)F)c(Cl)cn2)s1. The summed E-state index contributed by atoms with van der Waals surface area (Å²) in [6.07, 6.45) is -2.49. The lowest BCUT2D eigenvalue weighted by Gasteiger charge is -2.13. The Balaban J connectivity index is 2.22. The number of anilines is 1. The molecular formula is C13H12ClF3N4OS. The first-order valence-electron chi connectivity index (χ1n) is 6.28. The van der Waals surface area contributed by atoms with Gasteiger partial charge in [0.05, 0.1) is 22.3 Å². The normalized spacial score (nSPS) is 12.3. The summed E-state index contributed by atoms with van der Waals surface area (Å²) in [5.74, 6) is -0.880. The fraction of sp³-hybridized carbons (Fsp3) is 0.308. The number of thiazole rings is 1. The van der Waals surface area contributed by atoms with Crippen molar-refractivity contribution in [1.82, 2.24) is 9.97 Å². The maximum absolute atomic E-state index is 12.8. The van der Waals surface area contributed by atoms with Gasteiger partial charge in [-0.3, -0.25) is 4.79 Å². The number of alkyl halides is 3. The molecule has 23 heavy (non-hydrogen) atoms. The summed E-state index contributed by atoms with van der Waals surface area (Å²) < 4.78 is 38.3. The minimum absolute atomic E-state index is 0.212. The molecular weight excluding hydrogens is 353 g/mol. The standard InChI is InChI=1S/C13H12ClF3N4OS/c1-12(2,18)11-20-5-8(23-11)10(22)21-9-3-6(13(15,16)17)7(14)4-19-9/h3-5H,18H2,1-2H3,(H,19,21,22). The molecule has 2 aromatic heterocycles. The lowest BCUT2D eigenvalue weighted by molar-refractivity contribution is -0.137. The van der Waals surface area contributed by atoms with E-state index in [2.05, 4.69) is 15.3 Å². The number of carbonyl (C=O) groups excluding carboxylic acids is 1. The molecule has 0 unspecified atom stereocenters. The van der Waals surface area contributed by atoms with Crippen molar-refractivity contribution < 1.29 is 18.0 Å². The number of rotatable bonds is 3. The van der Waals surface area contributed by atoms with E-state index in [9.17, 15) is 18.0 Å². The predicted molar refractivity (Wildman–Crippen MR) is 81.5 cm³/mol. The number of nitrogens with one attached hydrogen (secondary N) is 1. The van der Waals surface area contributed by atoms with Crippen LogP contribution in [0.15, 0.2) is 18.5 Å². The van der Waals surface area contributed by atoms with Gasteiger partial charge in [0.2, 0.25) is 0 Å². The lowest BCUT2D eigenvalue weighted by Crippen LogP contribution is -2.28. The summed E-state index contributed by atoms with van der Waals surface area (Å²) in [6.45, 7) is 3.45. The zero-order chi connectivity index (χ0) is 17.4. The predicted octanol–water partition coefficient (Wildman–Crippen LogP) is 3.66. The molecule has 3 N–H and O–H groups in total. The minimum atomic E-state index is -4.64. The monoisotopic (exact) mass is 364 g/mol. The van der Waals surface area contributed by atoms with Gasteiger partial charge in [0.1, 0.15) is 15.7 Å². The third kappa shape index (κ3) is 4.18. The molecule has 0 aliphatic rings. The van der Waals surface area contributed by atoms with Crippen molar-refractivity contribution in [2.24, 2.45) is 5.73 Å². The molecule has 0 bridgehead atoms. The van der Waals surface area contributed by atoms with Crippen LogP contribution in [0.5, 0.6) is 0 Å². The molecule has 0 aliphatic heterocycles. The number of hydrogen-bond donors (Lipinski definition) is 2. The molecule has 0 spiro atoms. The van der Waals surface area contributed by atoms with E-state index < -0.39 is 28.2 Å². The van der Waals surface area contributed by atoms with E-state index in [1.807, 2.05) is 0 Å². The second kappa shape index (κ2) is 6.06. The summed E-state index contributed by atoms with van der Waals surface area (Å²) >= 11 is 6.53. The Bertz CT molecular complexity index is 740. The van der Waals surface area contributed by atoms with Crippen molar-refractivity contribution >= 4 is 34.7 Å². The smallest absolute Gasteiger partial charge is 0.320 e. The Morgan fingerprint density at radius 1 is 1.30 bits per heavy atom. The summed E-state index contributed by atoms with van der Waals surface area (Å²) in [7, 11) is 0.